The fraction of sp³-hybridized carbons (Fsp3) is 0.333. The van der Waals surface area contributed by atoms with Crippen LogP contribution >= 0.6 is 11.3 Å². The van der Waals surface area contributed by atoms with Crippen molar-refractivity contribution in [2.75, 3.05) is 36.5 Å². The predicted molar refractivity (Wildman–Crippen MR) is 126 cm³/mol. The maximum Gasteiger partial charge on any atom is 0.232 e. The first-order valence-corrected chi connectivity index (χ1v) is 11.5. The SMILES string of the molecule is CC(C)(CC(=O)c1ccccn1)C(=O)Nc1nc(-c2ccc(F)cc2)c(N2CCOCC2)s1. The van der Waals surface area contributed by atoms with Crippen molar-refractivity contribution in [2.45, 2.75) is 20.3 Å². The van der Waals surface area contributed by atoms with Gasteiger partial charge in [0, 0.05) is 31.3 Å². The largest absolute Gasteiger partial charge is 0.378 e. The average Bonchev–Trinajstić information content (AvgIpc) is 3.24. The molecule has 0 bridgehead atoms. The molecular formula is C24H25FN4O3S. The molecule has 172 valence electrons. The molecule has 1 saturated heterocycles. The van der Waals surface area contributed by atoms with Gasteiger partial charge >= 0.3 is 0 Å². The lowest BCUT2D eigenvalue weighted by Crippen LogP contribution is -2.36. The van der Waals surface area contributed by atoms with E-state index in [1.807, 2.05) is 0 Å². The Morgan fingerprint density at radius 2 is 1.88 bits per heavy atom. The van der Waals surface area contributed by atoms with E-state index >= 15 is 0 Å². The van der Waals surface area contributed by atoms with Crippen LogP contribution in [0, 0.1) is 11.2 Å². The van der Waals surface area contributed by atoms with E-state index in [-0.39, 0.29) is 23.9 Å². The van der Waals surface area contributed by atoms with E-state index in [4.69, 9.17) is 4.74 Å². The molecule has 0 spiro atoms. The highest BCUT2D eigenvalue weighted by molar-refractivity contribution is 7.20. The van der Waals surface area contributed by atoms with E-state index in [1.54, 1.807) is 50.4 Å². The number of pyridine rings is 1. The number of Topliss-reactive ketones (excluding diaryl/α,β-unsaturated/α-hetero) is 1. The highest BCUT2D eigenvalue weighted by Crippen LogP contribution is 2.39. The topological polar surface area (TPSA) is 84.4 Å². The van der Waals surface area contributed by atoms with Crippen molar-refractivity contribution in [3.8, 4) is 11.3 Å². The number of anilines is 2. The Bertz CT molecular complexity index is 1130. The number of ketones is 1. The molecule has 1 aliphatic rings. The summed E-state index contributed by atoms with van der Waals surface area (Å²) in [5.41, 5.74) is 0.815. The number of carbonyl (C=O) groups is 2. The zero-order chi connectivity index (χ0) is 23.4. The van der Waals surface area contributed by atoms with Gasteiger partial charge in [-0.05, 0) is 36.4 Å². The average molecular weight is 469 g/mol. The highest BCUT2D eigenvalue weighted by atomic mass is 32.1. The lowest BCUT2D eigenvalue weighted by atomic mass is 9.85. The number of benzene rings is 1. The maximum absolute atomic E-state index is 13.5. The molecule has 3 aromatic rings. The molecule has 1 fully saturated rings. The Morgan fingerprint density at radius 3 is 2.55 bits per heavy atom. The van der Waals surface area contributed by atoms with Crippen molar-refractivity contribution >= 4 is 33.2 Å². The summed E-state index contributed by atoms with van der Waals surface area (Å²) in [7, 11) is 0. The number of aromatic nitrogens is 2. The quantitative estimate of drug-likeness (QED) is 0.517. The van der Waals surface area contributed by atoms with Crippen molar-refractivity contribution < 1.29 is 18.7 Å². The molecule has 4 rings (SSSR count). The van der Waals surface area contributed by atoms with Crippen molar-refractivity contribution in [1.82, 2.24) is 9.97 Å². The zero-order valence-electron chi connectivity index (χ0n) is 18.5. The summed E-state index contributed by atoms with van der Waals surface area (Å²) in [6.07, 6.45) is 1.57. The van der Waals surface area contributed by atoms with Gasteiger partial charge in [0.05, 0.1) is 18.6 Å². The van der Waals surface area contributed by atoms with Gasteiger partial charge in [-0.1, -0.05) is 31.3 Å². The predicted octanol–water partition coefficient (Wildman–Crippen LogP) is 4.42. The minimum atomic E-state index is -0.963. The Kier molecular flexibility index (Phi) is 6.80. The third-order valence-corrected chi connectivity index (χ3v) is 6.45. The third-order valence-electron chi connectivity index (χ3n) is 5.41. The normalized spacial score (nSPS) is 14.2. The monoisotopic (exact) mass is 468 g/mol. The number of rotatable bonds is 7. The Labute approximate surface area is 195 Å². The van der Waals surface area contributed by atoms with Crippen LogP contribution in [0.3, 0.4) is 0 Å². The molecule has 1 aromatic carbocycles. The van der Waals surface area contributed by atoms with Gasteiger partial charge in [-0.15, -0.1) is 0 Å². The number of nitrogens with one attached hydrogen (secondary N) is 1. The van der Waals surface area contributed by atoms with E-state index < -0.39 is 5.41 Å². The van der Waals surface area contributed by atoms with Gasteiger partial charge < -0.3 is 15.0 Å². The fourth-order valence-electron chi connectivity index (χ4n) is 3.51. The van der Waals surface area contributed by atoms with Crippen LogP contribution in [-0.2, 0) is 9.53 Å². The van der Waals surface area contributed by atoms with Crippen LogP contribution in [0.25, 0.3) is 11.3 Å². The number of thiazole rings is 1. The molecule has 33 heavy (non-hydrogen) atoms. The lowest BCUT2D eigenvalue weighted by Gasteiger charge is -2.28. The molecule has 2 aromatic heterocycles. The molecule has 0 saturated carbocycles. The summed E-state index contributed by atoms with van der Waals surface area (Å²) in [4.78, 5) is 36.6. The van der Waals surface area contributed by atoms with Crippen molar-refractivity contribution in [1.29, 1.82) is 0 Å². The van der Waals surface area contributed by atoms with E-state index in [9.17, 15) is 14.0 Å². The summed E-state index contributed by atoms with van der Waals surface area (Å²) in [5, 5.41) is 4.20. The molecule has 7 nitrogen and oxygen atoms in total. The molecule has 0 unspecified atom stereocenters. The number of morpholine rings is 1. The Hall–Kier alpha value is -3.17. The highest BCUT2D eigenvalue weighted by Gasteiger charge is 2.32. The van der Waals surface area contributed by atoms with Crippen LogP contribution in [0.1, 0.15) is 30.8 Å². The fourth-order valence-corrected chi connectivity index (χ4v) is 4.54. The summed E-state index contributed by atoms with van der Waals surface area (Å²) in [6.45, 7) is 6.05. The Balaban J connectivity index is 1.56. The number of nitrogens with zero attached hydrogens (tertiary/aromatic N) is 3. The number of ether oxygens (including phenoxy) is 1. The van der Waals surface area contributed by atoms with Crippen molar-refractivity contribution in [3.05, 3.63) is 60.2 Å². The minimum Gasteiger partial charge on any atom is -0.378 e. The van der Waals surface area contributed by atoms with Crippen LogP contribution < -0.4 is 10.2 Å². The van der Waals surface area contributed by atoms with Crippen LogP contribution in [0.4, 0.5) is 14.5 Å². The molecule has 9 heteroatoms. The molecule has 0 aliphatic carbocycles. The molecule has 3 heterocycles. The second kappa shape index (κ2) is 9.76. The smallest absolute Gasteiger partial charge is 0.232 e. The van der Waals surface area contributed by atoms with E-state index in [2.05, 4.69) is 20.2 Å². The molecule has 0 atom stereocenters. The summed E-state index contributed by atoms with van der Waals surface area (Å²) < 4.78 is 18.9. The first-order chi connectivity index (χ1) is 15.8. The second-order valence-electron chi connectivity index (χ2n) is 8.43. The van der Waals surface area contributed by atoms with Gasteiger partial charge in [0.1, 0.15) is 22.2 Å². The third kappa shape index (κ3) is 5.43. The second-order valence-corrected chi connectivity index (χ2v) is 9.41. The molecule has 1 amide bonds. The van der Waals surface area contributed by atoms with E-state index in [0.717, 1.165) is 10.6 Å². The van der Waals surface area contributed by atoms with Gasteiger partial charge in [-0.2, -0.15) is 0 Å². The number of halogens is 1. The lowest BCUT2D eigenvalue weighted by molar-refractivity contribution is -0.123. The van der Waals surface area contributed by atoms with E-state index in [0.29, 0.717) is 42.8 Å². The van der Waals surface area contributed by atoms with Gasteiger partial charge in [0.2, 0.25) is 5.91 Å². The number of amides is 1. The van der Waals surface area contributed by atoms with E-state index in [1.165, 1.54) is 23.5 Å². The Morgan fingerprint density at radius 1 is 1.15 bits per heavy atom. The standard InChI is InChI=1S/C24H25FN4O3S/c1-24(2,15-19(30)18-5-3-4-10-26-18)22(31)28-23-27-20(16-6-8-17(25)9-7-16)21(33-23)29-11-13-32-14-12-29/h3-10H,11-15H2,1-2H3,(H,27,28,31). The molecule has 0 radical (unpaired) electrons. The molecule has 1 N–H and O–H groups in total. The summed E-state index contributed by atoms with van der Waals surface area (Å²) in [5.74, 6) is -0.828. The van der Waals surface area contributed by atoms with Crippen LogP contribution in [0.15, 0.2) is 48.7 Å². The van der Waals surface area contributed by atoms with Gasteiger partial charge in [-0.3, -0.25) is 14.6 Å². The molecular weight excluding hydrogens is 443 g/mol. The maximum atomic E-state index is 13.5. The number of hydrogen-bond acceptors (Lipinski definition) is 7. The van der Waals surface area contributed by atoms with Crippen molar-refractivity contribution in [3.63, 3.8) is 0 Å². The van der Waals surface area contributed by atoms with Crippen molar-refractivity contribution in [2.24, 2.45) is 5.41 Å². The van der Waals surface area contributed by atoms with Crippen LogP contribution in [0.2, 0.25) is 0 Å². The summed E-state index contributed by atoms with van der Waals surface area (Å²) in [6, 6.07) is 11.3. The first kappa shape index (κ1) is 23.0. The van der Waals surface area contributed by atoms with Crippen LogP contribution in [0.5, 0.6) is 0 Å². The minimum absolute atomic E-state index is 0.0162. The van der Waals surface area contributed by atoms with Gasteiger partial charge in [-0.25, -0.2) is 9.37 Å². The van der Waals surface area contributed by atoms with Gasteiger partial charge in [0.15, 0.2) is 10.9 Å². The van der Waals surface area contributed by atoms with Gasteiger partial charge in [0.25, 0.3) is 0 Å². The molecule has 1 aliphatic heterocycles. The van der Waals surface area contributed by atoms with Crippen LogP contribution in [-0.4, -0.2) is 48.0 Å². The number of carbonyl (C=O) groups excluding carboxylic acids is 2. The summed E-state index contributed by atoms with van der Waals surface area (Å²) >= 11 is 1.36. The number of hydrogen-bond donors (Lipinski definition) is 1. The zero-order valence-corrected chi connectivity index (χ0v) is 19.3. The first-order valence-electron chi connectivity index (χ1n) is 10.7.